The first-order valence-corrected chi connectivity index (χ1v) is 6.79. The van der Waals surface area contributed by atoms with Crippen molar-refractivity contribution in [1.82, 2.24) is 0 Å². The van der Waals surface area contributed by atoms with Crippen molar-refractivity contribution in [2.24, 2.45) is 0 Å². The summed E-state index contributed by atoms with van der Waals surface area (Å²) in [7, 11) is 1.95. The van der Waals surface area contributed by atoms with Gasteiger partial charge in [0.1, 0.15) is 5.75 Å². The second kappa shape index (κ2) is 6.31. The molecule has 0 heterocycles. The summed E-state index contributed by atoms with van der Waals surface area (Å²) in [6.45, 7) is 2.36. The van der Waals surface area contributed by atoms with Gasteiger partial charge >= 0.3 is 5.97 Å². The van der Waals surface area contributed by atoms with Gasteiger partial charge in [0.2, 0.25) is 0 Å². The topological polar surface area (TPSA) is 60.8 Å². The lowest BCUT2D eigenvalue weighted by Crippen LogP contribution is -2.16. The van der Waals surface area contributed by atoms with Gasteiger partial charge in [-0.15, -0.1) is 0 Å². The number of anilines is 1. The van der Waals surface area contributed by atoms with Crippen molar-refractivity contribution in [1.29, 1.82) is 0 Å². The molecule has 0 bridgehead atoms. The Morgan fingerprint density at radius 2 is 1.86 bits per heavy atom. The van der Waals surface area contributed by atoms with E-state index in [4.69, 9.17) is 5.11 Å². The molecule has 2 aromatic carbocycles. The molecule has 2 N–H and O–H groups in total. The average molecular weight is 285 g/mol. The molecule has 0 fully saturated rings. The quantitative estimate of drug-likeness (QED) is 0.885. The van der Waals surface area contributed by atoms with E-state index in [2.05, 4.69) is 0 Å². The van der Waals surface area contributed by atoms with Gasteiger partial charge in [-0.25, -0.2) is 0 Å². The number of hydrogen-bond donors (Lipinski definition) is 2. The zero-order valence-corrected chi connectivity index (χ0v) is 12.2. The van der Waals surface area contributed by atoms with E-state index in [1.807, 2.05) is 42.3 Å². The number of phenolic OH excluding ortho intramolecular Hbond substituents is 1. The van der Waals surface area contributed by atoms with E-state index in [9.17, 15) is 9.90 Å². The van der Waals surface area contributed by atoms with E-state index in [-0.39, 0.29) is 5.75 Å². The highest BCUT2D eigenvalue weighted by molar-refractivity contribution is 5.75. The minimum Gasteiger partial charge on any atom is -0.508 e. The van der Waals surface area contributed by atoms with Crippen LogP contribution in [0.4, 0.5) is 5.69 Å². The molecule has 0 spiro atoms. The van der Waals surface area contributed by atoms with Crippen LogP contribution in [0.25, 0.3) is 0 Å². The molecule has 0 aromatic heterocycles. The second-order valence-electron chi connectivity index (χ2n) is 5.18. The van der Waals surface area contributed by atoms with Crippen LogP contribution in [-0.2, 0) is 11.3 Å². The van der Waals surface area contributed by atoms with Crippen LogP contribution in [0.15, 0.2) is 48.5 Å². The van der Waals surface area contributed by atoms with Crippen LogP contribution in [0.2, 0.25) is 0 Å². The van der Waals surface area contributed by atoms with Gasteiger partial charge in [-0.3, -0.25) is 4.79 Å². The highest BCUT2D eigenvalue weighted by Gasteiger charge is 2.13. The molecule has 4 nitrogen and oxygen atoms in total. The number of hydrogen-bond acceptors (Lipinski definition) is 3. The summed E-state index contributed by atoms with van der Waals surface area (Å²) in [5, 5.41) is 18.5. The molecule has 110 valence electrons. The zero-order chi connectivity index (χ0) is 15.4. The lowest BCUT2D eigenvalue weighted by molar-refractivity contribution is -0.138. The predicted molar refractivity (Wildman–Crippen MR) is 82.7 cm³/mol. The molecule has 0 radical (unpaired) electrons. The third-order valence-electron chi connectivity index (χ3n) is 3.54. The first kappa shape index (κ1) is 14.9. The van der Waals surface area contributed by atoms with Crippen LogP contribution in [0.3, 0.4) is 0 Å². The second-order valence-corrected chi connectivity index (χ2v) is 5.18. The first-order chi connectivity index (χ1) is 9.97. The Kier molecular flexibility index (Phi) is 4.48. The number of benzene rings is 2. The van der Waals surface area contributed by atoms with Crippen molar-refractivity contribution in [3.05, 3.63) is 59.7 Å². The molecule has 0 saturated heterocycles. The molecular formula is C17H19NO3. The third kappa shape index (κ3) is 3.75. The smallest absolute Gasteiger partial charge is 0.310 e. The van der Waals surface area contributed by atoms with Crippen LogP contribution in [0, 0.1) is 0 Å². The lowest BCUT2D eigenvalue weighted by atomic mass is 10.00. The number of rotatable bonds is 5. The van der Waals surface area contributed by atoms with Crippen molar-refractivity contribution in [3.63, 3.8) is 0 Å². The first-order valence-electron chi connectivity index (χ1n) is 6.79. The number of carboxylic acids is 1. The maximum absolute atomic E-state index is 10.9. The molecule has 21 heavy (non-hydrogen) atoms. The highest BCUT2D eigenvalue weighted by atomic mass is 16.4. The van der Waals surface area contributed by atoms with Crippen molar-refractivity contribution in [2.75, 3.05) is 11.9 Å². The van der Waals surface area contributed by atoms with Gasteiger partial charge in [-0.1, -0.05) is 30.3 Å². The number of carbonyl (C=O) groups is 1. The molecule has 0 aliphatic rings. The minimum absolute atomic E-state index is 0.241. The van der Waals surface area contributed by atoms with Gasteiger partial charge in [0.25, 0.3) is 0 Å². The van der Waals surface area contributed by atoms with E-state index in [0.717, 1.165) is 16.8 Å². The summed E-state index contributed by atoms with van der Waals surface area (Å²) in [5.41, 5.74) is 2.81. The van der Waals surface area contributed by atoms with Crippen molar-refractivity contribution in [2.45, 2.75) is 19.4 Å². The van der Waals surface area contributed by atoms with Crippen LogP contribution in [-0.4, -0.2) is 23.2 Å². The molecule has 0 saturated carbocycles. The molecule has 0 amide bonds. The van der Waals surface area contributed by atoms with E-state index >= 15 is 0 Å². The van der Waals surface area contributed by atoms with Gasteiger partial charge in [0, 0.05) is 25.3 Å². The number of aliphatic carboxylic acids is 1. The fourth-order valence-electron chi connectivity index (χ4n) is 2.15. The van der Waals surface area contributed by atoms with Crippen molar-refractivity contribution >= 4 is 11.7 Å². The summed E-state index contributed by atoms with van der Waals surface area (Å²) in [6, 6.07) is 14.7. The monoisotopic (exact) mass is 285 g/mol. The SMILES string of the molecule is CC(C(=O)O)c1ccc(CN(C)c2cccc(O)c2)cc1. The molecular weight excluding hydrogens is 266 g/mol. The molecule has 2 rings (SSSR count). The van der Waals surface area contributed by atoms with Crippen LogP contribution in [0.1, 0.15) is 24.0 Å². The van der Waals surface area contributed by atoms with E-state index in [1.54, 1.807) is 25.1 Å². The van der Waals surface area contributed by atoms with Crippen molar-refractivity contribution < 1.29 is 15.0 Å². The average Bonchev–Trinajstić information content (AvgIpc) is 2.47. The Morgan fingerprint density at radius 3 is 2.43 bits per heavy atom. The van der Waals surface area contributed by atoms with Crippen LogP contribution < -0.4 is 4.90 Å². The lowest BCUT2D eigenvalue weighted by Gasteiger charge is -2.20. The Bertz CT molecular complexity index is 622. The summed E-state index contributed by atoms with van der Waals surface area (Å²) in [5.74, 6) is -1.08. The van der Waals surface area contributed by atoms with Gasteiger partial charge in [-0.05, 0) is 30.2 Å². The maximum Gasteiger partial charge on any atom is 0.310 e. The Hall–Kier alpha value is -2.49. The summed E-state index contributed by atoms with van der Waals surface area (Å²) < 4.78 is 0. The molecule has 0 aliphatic carbocycles. The normalized spacial score (nSPS) is 11.9. The summed E-state index contributed by atoms with van der Waals surface area (Å²) in [4.78, 5) is 13.0. The van der Waals surface area contributed by atoms with Crippen LogP contribution >= 0.6 is 0 Å². The Balaban J connectivity index is 2.08. The van der Waals surface area contributed by atoms with Gasteiger partial charge in [0.15, 0.2) is 0 Å². The fourth-order valence-corrected chi connectivity index (χ4v) is 2.15. The standard InChI is InChI=1S/C17H19NO3/c1-12(17(20)21)14-8-6-13(7-9-14)11-18(2)15-4-3-5-16(19)10-15/h3-10,12,19H,11H2,1-2H3,(H,20,21). The Labute approximate surface area is 124 Å². The summed E-state index contributed by atoms with van der Waals surface area (Å²) >= 11 is 0. The number of phenols is 1. The van der Waals surface area contributed by atoms with E-state index < -0.39 is 11.9 Å². The number of aromatic hydroxyl groups is 1. The van der Waals surface area contributed by atoms with Crippen molar-refractivity contribution in [3.8, 4) is 5.75 Å². The number of carboxylic acid groups (broad SMARTS) is 1. The molecule has 0 aliphatic heterocycles. The summed E-state index contributed by atoms with van der Waals surface area (Å²) in [6.07, 6.45) is 0. The Morgan fingerprint density at radius 1 is 1.19 bits per heavy atom. The minimum atomic E-state index is -0.820. The van der Waals surface area contributed by atoms with E-state index in [1.165, 1.54) is 0 Å². The van der Waals surface area contributed by atoms with E-state index in [0.29, 0.717) is 6.54 Å². The zero-order valence-electron chi connectivity index (χ0n) is 12.2. The largest absolute Gasteiger partial charge is 0.508 e. The fraction of sp³-hybridized carbons (Fsp3) is 0.235. The highest BCUT2D eigenvalue weighted by Crippen LogP contribution is 2.21. The third-order valence-corrected chi connectivity index (χ3v) is 3.54. The van der Waals surface area contributed by atoms with Gasteiger partial charge in [0.05, 0.1) is 5.92 Å². The molecule has 1 unspecified atom stereocenters. The molecule has 1 atom stereocenters. The molecule has 2 aromatic rings. The predicted octanol–water partition coefficient (Wildman–Crippen LogP) is 3.22. The van der Waals surface area contributed by atoms with Gasteiger partial charge < -0.3 is 15.1 Å². The molecule has 4 heteroatoms. The van der Waals surface area contributed by atoms with Gasteiger partial charge in [-0.2, -0.15) is 0 Å². The van der Waals surface area contributed by atoms with Crippen LogP contribution in [0.5, 0.6) is 5.75 Å². The maximum atomic E-state index is 10.9. The number of nitrogens with zero attached hydrogens (tertiary/aromatic N) is 1.